The van der Waals surface area contributed by atoms with Crippen LogP contribution >= 0.6 is 11.6 Å². The number of aromatic nitrogens is 2. The molecule has 0 fully saturated rings. The molecule has 0 bridgehead atoms. The van der Waals surface area contributed by atoms with E-state index in [0.29, 0.717) is 16.8 Å². The van der Waals surface area contributed by atoms with Gasteiger partial charge in [0.25, 0.3) is 0 Å². The van der Waals surface area contributed by atoms with Crippen molar-refractivity contribution < 1.29 is 9.90 Å². The molecule has 96 valence electrons. The zero-order chi connectivity index (χ0) is 13.3. The number of halogens is 1. The number of nitrogens with zero attached hydrogens (tertiary/aromatic N) is 2. The fourth-order valence-corrected chi connectivity index (χ4v) is 2.16. The molecule has 1 heterocycles. The van der Waals surface area contributed by atoms with Crippen molar-refractivity contribution in [3.8, 4) is 0 Å². The molecule has 1 aromatic heterocycles. The molecule has 0 radical (unpaired) electrons. The summed E-state index contributed by atoms with van der Waals surface area (Å²) in [4.78, 5) is 15.2. The zero-order valence-corrected chi connectivity index (χ0v) is 11.1. The first kappa shape index (κ1) is 12.9. The Hall–Kier alpha value is -1.55. The highest BCUT2D eigenvalue weighted by Gasteiger charge is 2.14. The maximum absolute atomic E-state index is 10.9. The second-order valence-electron chi connectivity index (χ2n) is 4.74. The van der Waals surface area contributed by atoms with E-state index in [1.807, 2.05) is 10.6 Å². The molecule has 0 spiro atoms. The predicted octanol–water partition coefficient (Wildman–Crippen LogP) is 2.97. The van der Waals surface area contributed by atoms with Crippen molar-refractivity contribution in [3.05, 3.63) is 29.0 Å². The van der Waals surface area contributed by atoms with Gasteiger partial charge in [0.15, 0.2) is 0 Å². The summed E-state index contributed by atoms with van der Waals surface area (Å²) in [5.41, 5.74) is 1.68. The first-order valence-corrected chi connectivity index (χ1v) is 6.21. The Labute approximate surface area is 110 Å². The largest absolute Gasteiger partial charge is 0.481 e. The van der Waals surface area contributed by atoms with Crippen LogP contribution in [0.2, 0.25) is 5.02 Å². The summed E-state index contributed by atoms with van der Waals surface area (Å²) < 4.78 is 1.96. The number of carboxylic acid groups (broad SMARTS) is 1. The van der Waals surface area contributed by atoms with Gasteiger partial charge < -0.3 is 9.67 Å². The van der Waals surface area contributed by atoms with Crippen LogP contribution in [-0.4, -0.2) is 20.6 Å². The van der Waals surface area contributed by atoms with E-state index in [9.17, 15) is 4.79 Å². The third kappa shape index (κ3) is 2.64. The van der Waals surface area contributed by atoms with Crippen LogP contribution in [0.25, 0.3) is 11.0 Å². The first-order valence-electron chi connectivity index (χ1n) is 5.84. The van der Waals surface area contributed by atoms with E-state index in [0.717, 1.165) is 17.6 Å². The van der Waals surface area contributed by atoms with Crippen molar-refractivity contribution in [1.29, 1.82) is 0 Å². The van der Waals surface area contributed by atoms with Crippen LogP contribution < -0.4 is 0 Å². The van der Waals surface area contributed by atoms with E-state index < -0.39 is 5.97 Å². The molecule has 0 saturated heterocycles. The zero-order valence-electron chi connectivity index (χ0n) is 10.4. The molecule has 0 aliphatic carbocycles. The van der Waals surface area contributed by atoms with Gasteiger partial charge in [-0.2, -0.15) is 0 Å². The molecule has 1 aromatic carbocycles. The van der Waals surface area contributed by atoms with Crippen LogP contribution in [0.1, 0.15) is 19.7 Å². The first-order chi connectivity index (χ1) is 8.47. The summed E-state index contributed by atoms with van der Waals surface area (Å²) >= 11 is 5.93. The van der Waals surface area contributed by atoms with Crippen LogP contribution in [-0.2, 0) is 17.8 Å². The van der Waals surface area contributed by atoms with Gasteiger partial charge in [-0.15, -0.1) is 0 Å². The monoisotopic (exact) mass is 266 g/mol. The molecule has 0 atom stereocenters. The Kier molecular flexibility index (Phi) is 3.57. The van der Waals surface area contributed by atoms with Gasteiger partial charge in [0, 0.05) is 11.6 Å². The molecule has 0 aliphatic heterocycles. The van der Waals surface area contributed by atoms with Crippen LogP contribution in [0.4, 0.5) is 0 Å². The van der Waals surface area contributed by atoms with Crippen LogP contribution in [0, 0.1) is 5.92 Å². The van der Waals surface area contributed by atoms with Gasteiger partial charge in [-0.3, -0.25) is 4.79 Å². The van der Waals surface area contributed by atoms with Crippen molar-refractivity contribution in [1.82, 2.24) is 9.55 Å². The molecule has 4 nitrogen and oxygen atoms in total. The number of carboxylic acids is 1. The van der Waals surface area contributed by atoms with Crippen LogP contribution in [0.5, 0.6) is 0 Å². The van der Waals surface area contributed by atoms with Gasteiger partial charge in [0.05, 0.1) is 11.0 Å². The van der Waals surface area contributed by atoms with Gasteiger partial charge in [0.2, 0.25) is 0 Å². The standard InChI is InChI=1S/C13H15ClN2O2/c1-8(2)7-16-11-4-3-9(14)5-10(11)15-12(16)6-13(17)18/h3-5,8H,6-7H2,1-2H3,(H,17,18). The lowest BCUT2D eigenvalue weighted by molar-refractivity contribution is -0.136. The van der Waals surface area contributed by atoms with Crippen molar-refractivity contribution in [2.75, 3.05) is 0 Å². The number of carbonyl (C=O) groups is 1. The third-order valence-electron chi connectivity index (χ3n) is 2.65. The molecule has 2 rings (SSSR count). The summed E-state index contributed by atoms with van der Waals surface area (Å²) in [5, 5.41) is 9.54. The van der Waals surface area contributed by atoms with E-state index in [-0.39, 0.29) is 6.42 Å². The second-order valence-corrected chi connectivity index (χ2v) is 5.17. The normalized spacial score (nSPS) is 11.3. The average molecular weight is 267 g/mol. The molecular formula is C13H15ClN2O2. The second kappa shape index (κ2) is 4.98. The highest BCUT2D eigenvalue weighted by Crippen LogP contribution is 2.22. The minimum atomic E-state index is -0.874. The highest BCUT2D eigenvalue weighted by molar-refractivity contribution is 6.31. The molecule has 5 heteroatoms. The van der Waals surface area contributed by atoms with E-state index in [4.69, 9.17) is 16.7 Å². The molecule has 18 heavy (non-hydrogen) atoms. The Morgan fingerprint density at radius 2 is 2.22 bits per heavy atom. The third-order valence-corrected chi connectivity index (χ3v) is 2.88. The van der Waals surface area contributed by atoms with Crippen molar-refractivity contribution in [2.45, 2.75) is 26.8 Å². The number of benzene rings is 1. The van der Waals surface area contributed by atoms with Crippen LogP contribution in [0.3, 0.4) is 0 Å². The number of imidazole rings is 1. The van der Waals surface area contributed by atoms with E-state index in [2.05, 4.69) is 18.8 Å². The van der Waals surface area contributed by atoms with Gasteiger partial charge in [-0.05, 0) is 24.1 Å². The van der Waals surface area contributed by atoms with Crippen LogP contribution in [0.15, 0.2) is 18.2 Å². The molecule has 0 amide bonds. The summed E-state index contributed by atoms with van der Waals surface area (Å²) in [6.45, 7) is 4.93. The molecule has 0 saturated carbocycles. The Balaban J connectivity index is 2.56. The lowest BCUT2D eigenvalue weighted by Crippen LogP contribution is -2.12. The van der Waals surface area contributed by atoms with Gasteiger partial charge >= 0.3 is 5.97 Å². The van der Waals surface area contributed by atoms with Gasteiger partial charge in [0.1, 0.15) is 12.2 Å². The fourth-order valence-electron chi connectivity index (χ4n) is 1.99. The Bertz CT molecular complexity index is 590. The predicted molar refractivity (Wildman–Crippen MR) is 70.9 cm³/mol. The number of hydrogen-bond acceptors (Lipinski definition) is 2. The van der Waals surface area contributed by atoms with E-state index in [1.165, 1.54) is 0 Å². The quantitative estimate of drug-likeness (QED) is 0.926. The summed E-state index contributed by atoms with van der Waals surface area (Å²) in [6, 6.07) is 5.45. The lowest BCUT2D eigenvalue weighted by Gasteiger charge is -2.10. The maximum atomic E-state index is 10.9. The minimum Gasteiger partial charge on any atom is -0.481 e. The summed E-state index contributed by atoms with van der Waals surface area (Å²) in [5.74, 6) is 0.125. The van der Waals surface area contributed by atoms with E-state index in [1.54, 1.807) is 12.1 Å². The smallest absolute Gasteiger partial charge is 0.311 e. The highest BCUT2D eigenvalue weighted by atomic mass is 35.5. The lowest BCUT2D eigenvalue weighted by atomic mass is 10.2. The number of hydrogen-bond donors (Lipinski definition) is 1. The molecule has 1 N–H and O–H groups in total. The molecule has 0 aliphatic rings. The van der Waals surface area contributed by atoms with Crippen molar-refractivity contribution in [2.24, 2.45) is 5.92 Å². The number of fused-ring (bicyclic) bond motifs is 1. The Morgan fingerprint density at radius 3 is 2.83 bits per heavy atom. The molecular weight excluding hydrogens is 252 g/mol. The SMILES string of the molecule is CC(C)Cn1c(CC(=O)O)nc2cc(Cl)ccc21. The molecule has 2 aromatic rings. The van der Waals surface area contributed by atoms with Crippen molar-refractivity contribution >= 4 is 28.6 Å². The Morgan fingerprint density at radius 1 is 1.50 bits per heavy atom. The van der Waals surface area contributed by atoms with Crippen molar-refractivity contribution in [3.63, 3.8) is 0 Å². The fraction of sp³-hybridized carbons (Fsp3) is 0.385. The minimum absolute atomic E-state index is 0.0704. The average Bonchev–Trinajstić information content (AvgIpc) is 2.54. The maximum Gasteiger partial charge on any atom is 0.311 e. The number of aliphatic carboxylic acids is 1. The van der Waals surface area contributed by atoms with Gasteiger partial charge in [-0.1, -0.05) is 25.4 Å². The summed E-state index contributed by atoms with van der Waals surface area (Å²) in [7, 11) is 0. The molecule has 0 unspecified atom stereocenters. The van der Waals surface area contributed by atoms with E-state index >= 15 is 0 Å². The summed E-state index contributed by atoms with van der Waals surface area (Å²) in [6.07, 6.45) is -0.0704. The van der Waals surface area contributed by atoms with Gasteiger partial charge in [-0.25, -0.2) is 4.98 Å². The topological polar surface area (TPSA) is 55.1 Å². The number of rotatable bonds is 4.